The van der Waals surface area contributed by atoms with Gasteiger partial charge in [-0.25, -0.2) is 0 Å². The molecule has 1 heterocycles. The predicted octanol–water partition coefficient (Wildman–Crippen LogP) is 2.56. The standard InChI is InChI=1S/C14H15NO2/c1-10-5-11(9-16)7-12(6-10)13-8-15-4-3-14(13)17-2/h3-8,16H,9H2,1-2H3. The molecule has 0 aliphatic rings. The van der Waals surface area contributed by atoms with E-state index in [4.69, 9.17) is 4.74 Å². The van der Waals surface area contributed by atoms with Gasteiger partial charge in [-0.2, -0.15) is 0 Å². The van der Waals surface area contributed by atoms with Gasteiger partial charge in [0.15, 0.2) is 0 Å². The Hall–Kier alpha value is -1.87. The molecule has 1 aromatic heterocycles. The smallest absolute Gasteiger partial charge is 0.129 e. The summed E-state index contributed by atoms with van der Waals surface area (Å²) in [7, 11) is 1.64. The average Bonchev–Trinajstić information content (AvgIpc) is 2.37. The first kappa shape index (κ1) is 11.6. The zero-order valence-electron chi connectivity index (χ0n) is 9.97. The van der Waals surface area contributed by atoms with E-state index in [2.05, 4.69) is 11.1 Å². The van der Waals surface area contributed by atoms with E-state index >= 15 is 0 Å². The van der Waals surface area contributed by atoms with E-state index in [0.29, 0.717) is 0 Å². The summed E-state index contributed by atoms with van der Waals surface area (Å²) in [6, 6.07) is 7.80. The summed E-state index contributed by atoms with van der Waals surface area (Å²) in [5, 5.41) is 9.21. The molecule has 3 heteroatoms. The third kappa shape index (κ3) is 2.45. The monoisotopic (exact) mass is 229 g/mol. The van der Waals surface area contributed by atoms with Crippen molar-refractivity contribution in [2.75, 3.05) is 7.11 Å². The van der Waals surface area contributed by atoms with Crippen LogP contribution in [-0.4, -0.2) is 17.2 Å². The lowest BCUT2D eigenvalue weighted by molar-refractivity contribution is 0.282. The van der Waals surface area contributed by atoms with Crippen molar-refractivity contribution in [3.8, 4) is 16.9 Å². The maximum Gasteiger partial charge on any atom is 0.129 e. The third-order valence-electron chi connectivity index (χ3n) is 2.63. The van der Waals surface area contributed by atoms with Crippen LogP contribution in [0.4, 0.5) is 0 Å². The SMILES string of the molecule is COc1ccncc1-c1cc(C)cc(CO)c1. The van der Waals surface area contributed by atoms with Crippen LogP contribution in [0.5, 0.6) is 5.75 Å². The third-order valence-corrected chi connectivity index (χ3v) is 2.63. The number of hydrogen-bond acceptors (Lipinski definition) is 3. The van der Waals surface area contributed by atoms with Crippen molar-refractivity contribution >= 4 is 0 Å². The lowest BCUT2D eigenvalue weighted by Crippen LogP contribution is -1.91. The number of pyridine rings is 1. The molecule has 0 amide bonds. The van der Waals surface area contributed by atoms with E-state index in [0.717, 1.165) is 28.0 Å². The Morgan fingerprint density at radius 3 is 2.82 bits per heavy atom. The van der Waals surface area contributed by atoms with E-state index in [1.807, 2.05) is 25.1 Å². The molecule has 0 saturated carbocycles. The molecule has 0 aliphatic carbocycles. The largest absolute Gasteiger partial charge is 0.496 e. The van der Waals surface area contributed by atoms with Gasteiger partial charge in [-0.3, -0.25) is 4.98 Å². The van der Waals surface area contributed by atoms with Gasteiger partial charge >= 0.3 is 0 Å². The number of ether oxygens (including phenoxy) is 1. The second kappa shape index (κ2) is 4.97. The number of aliphatic hydroxyl groups is 1. The molecule has 3 nitrogen and oxygen atoms in total. The van der Waals surface area contributed by atoms with Gasteiger partial charge in [-0.1, -0.05) is 17.7 Å². The molecule has 17 heavy (non-hydrogen) atoms. The van der Waals surface area contributed by atoms with Crippen molar-refractivity contribution in [2.45, 2.75) is 13.5 Å². The normalized spacial score (nSPS) is 10.3. The molecule has 0 aliphatic heterocycles. The fraction of sp³-hybridized carbons (Fsp3) is 0.214. The van der Waals surface area contributed by atoms with Crippen molar-refractivity contribution in [2.24, 2.45) is 0 Å². The van der Waals surface area contributed by atoms with Gasteiger partial charge in [-0.05, 0) is 30.2 Å². The van der Waals surface area contributed by atoms with E-state index in [1.54, 1.807) is 19.5 Å². The predicted molar refractivity (Wildman–Crippen MR) is 66.9 cm³/mol. The molecule has 0 atom stereocenters. The zero-order chi connectivity index (χ0) is 12.3. The lowest BCUT2D eigenvalue weighted by Gasteiger charge is -2.10. The van der Waals surface area contributed by atoms with Crippen molar-refractivity contribution < 1.29 is 9.84 Å². The van der Waals surface area contributed by atoms with Gasteiger partial charge in [0.25, 0.3) is 0 Å². The molecule has 1 N–H and O–H groups in total. The lowest BCUT2D eigenvalue weighted by atomic mass is 10.0. The van der Waals surface area contributed by atoms with Gasteiger partial charge in [0.2, 0.25) is 0 Å². The molecular weight excluding hydrogens is 214 g/mol. The summed E-state index contributed by atoms with van der Waals surface area (Å²) in [4.78, 5) is 4.11. The van der Waals surface area contributed by atoms with Crippen molar-refractivity contribution in [3.63, 3.8) is 0 Å². The van der Waals surface area contributed by atoms with E-state index in [1.165, 1.54) is 0 Å². The number of aryl methyl sites for hydroxylation is 1. The quantitative estimate of drug-likeness (QED) is 0.879. The Kier molecular flexibility index (Phi) is 3.40. The molecule has 88 valence electrons. The van der Waals surface area contributed by atoms with Crippen molar-refractivity contribution in [3.05, 3.63) is 47.8 Å². The number of hydrogen-bond donors (Lipinski definition) is 1. The molecule has 2 aromatic rings. The van der Waals surface area contributed by atoms with Crippen molar-refractivity contribution in [1.82, 2.24) is 4.98 Å². The number of benzene rings is 1. The Balaban J connectivity index is 2.55. The molecular formula is C14H15NO2. The summed E-state index contributed by atoms with van der Waals surface area (Å²) in [6.07, 6.45) is 3.47. The highest BCUT2D eigenvalue weighted by atomic mass is 16.5. The first-order valence-electron chi connectivity index (χ1n) is 5.44. The van der Waals surface area contributed by atoms with Gasteiger partial charge in [0.1, 0.15) is 5.75 Å². The molecule has 1 aromatic carbocycles. The van der Waals surface area contributed by atoms with Crippen LogP contribution in [0.3, 0.4) is 0 Å². The highest BCUT2D eigenvalue weighted by molar-refractivity contribution is 5.70. The van der Waals surface area contributed by atoms with E-state index in [-0.39, 0.29) is 6.61 Å². The van der Waals surface area contributed by atoms with E-state index < -0.39 is 0 Å². The summed E-state index contributed by atoms with van der Waals surface area (Å²) in [5.74, 6) is 0.787. The summed E-state index contributed by atoms with van der Waals surface area (Å²) < 4.78 is 5.31. The second-order valence-electron chi connectivity index (χ2n) is 3.94. The average molecular weight is 229 g/mol. The Bertz CT molecular complexity index is 523. The van der Waals surface area contributed by atoms with Gasteiger partial charge < -0.3 is 9.84 Å². The van der Waals surface area contributed by atoms with Crippen LogP contribution in [0.2, 0.25) is 0 Å². The summed E-state index contributed by atoms with van der Waals surface area (Å²) >= 11 is 0. The zero-order valence-corrected chi connectivity index (χ0v) is 9.97. The fourth-order valence-corrected chi connectivity index (χ4v) is 1.89. The number of rotatable bonds is 3. The molecule has 0 saturated heterocycles. The molecule has 0 radical (unpaired) electrons. The van der Waals surface area contributed by atoms with Crippen LogP contribution < -0.4 is 4.74 Å². The van der Waals surface area contributed by atoms with Gasteiger partial charge in [-0.15, -0.1) is 0 Å². The van der Waals surface area contributed by atoms with Crippen molar-refractivity contribution in [1.29, 1.82) is 0 Å². The summed E-state index contributed by atoms with van der Waals surface area (Å²) in [6.45, 7) is 2.04. The number of aliphatic hydroxyl groups excluding tert-OH is 1. The number of methoxy groups -OCH3 is 1. The minimum absolute atomic E-state index is 0.0389. The van der Waals surface area contributed by atoms with Crippen LogP contribution in [0.1, 0.15) is 11.1 Å². The molecule has 0 spiro atoms. The highest BCUT2D eigenvalue weighted by Gasteiger charge is 2.07. The Morgan fingerprint density at radius 2 is 2.12 bits per heavy atom. The minimum atomic E-state index is 0.0389. The second-order valence-corrected chi connectivity index (χ2v) is 3.94. The first-order chi connectivity index (χ1) is 8.24. The first-order valence-corrected chi connectivity index (χ1v) is 5.44. The van der Waals surface area contributed by atoms with Crippen LogP contribution in [-0.2, 0) is 6.61 Å². The van der Waals surface area contributed by atoms with Crippen LogP contribution in [0.15, 0.2) is 36.7 Å². The van der Waals surface area contributed by atoms with Gasteiger partial charge in [0, 0.05) is 18.0 Å². The molecule has 2 rings (SSSR count). The van der Waals surface area contributed by atoms with Gasteiger partial charge in [0.05, 0.1) is 13.7 Å². The summed E-state index contributed by atoms with van der Waals surface area (Å²) in [5.41, 5.74) is 3.95. The van der Waals surface area contributed by atoms with Crippen LogP contribution in [0, 0.1) is 6.92 Å². The number of aromatic nitrogens is 1. The molecule has 0 unspecified atom stereocenters. The molecule has 0 bridgehead atoms. The Morgan fingerprint density at radius 1 is 1.29 bits per heavy atom. The highest BCUT2D eigenvalue weighted by Crippen LogP contribution is 2.30. The maximum atomic E-state index is 9.21. The minimum Gasteiger partial charge on any atom is -0.496 e. The van der Waals surface area contributed by atoms with E-state index in [9.17, 15) is 5.11 Å². The number of nitrogens with zero attached hydrogens (tertiary/aromatic N) is 1. The topological polar surface area (TPSA) is 42.4 Å². The molecule has 0 fully saturated rings. The maximum absolute atomic E-state index is 9.21. The van der Waals surface area contributed by atoms with Crippen LogP contribution in [0.25, 0.3) is 11.1 Å². The Labute approximate surface area is 101 Å². The van der Waals surface area contributed by atoms with Crippen LogP contribution >= 0.6 is 0 Å². The fourth-order valence-electron chi connectivity index (χ4n) is 1.89.